The van der Waals surface area contributed by atoms with Gasteiger partial charge in [0.25, 0.3) is 0 Å². The zero-order chi connectivity index (χ0) is 16.5. The molecule has 5 aromatic rings. The molecule has 120 valence electrons. The quantitative estimate of drug-likeness (QED) is 0.335. The molecular formula is C22H15ClN2. The van der Waals surface area contributed by atoms with E-state index in [-0.39, 0.29) is 0 Å². The van der Waals surface area contributed by atoms with Gasteiger partial charge in [-0.05, 0) is 48.2 Å². The second kappa shape index (κ2) is 4.68. The van der Waals surface area contributed by atoms with E-state index in [0.29, 0.717) is 0 Å². The third-order valence-electron chi connectivity index (χ3n) is 5.55. The molecule has 0 spiro atoms. The summed E-state index contributed by atoms with van der Waals surface area (Å²) in [6.45, 7) is 0. The SMILES string of the molecule is Clc1ccc2[nH]c3c(c2c1)CCc1c-3ccc2c1[nH]c1ccccc12. The number of halogens is 1. The summed E-state index contributed by atoms with van der Waals surface area (Å²) in [5.74, 6) is 0. The van der Waals surface area contributed by atoms with Crippen molar-refractivity contribution in [2.45, 2.75) is 12.8 Å². The van der Waals surface area contributed by atoms with Crippen LogP contribution in [0.25, 0.3) is 44.0 Å². The molecule has 2 N–H and O–H groups in total. The molecule has 0 unspecified atom stereocenters. The van der Waals surface area contributed by atoms with E-state index in [0.717, 1.165) is 17.9 Å². The average molecular weight is 343 g/mol. The number of para-hydroxylation sites is 1. The summed E-state index contributed by atoms with van der Waals surface area (Å²) < 4.78 is 0. The molecule has 1 aliphatic carbocycles. The summed E-state index contributed by atoms with van der Waals surface area (Å²) in [5.41, 5.74) is 9.02. The molecule has 0 saturated carbocycles. The summed E-state index contributed by atoms with van der Waals surface area (Å²) in [6.07, 6.45) is 2.09. The van der Waals surface area contributed by atoms with E-state index >= 15 is 0 Å². The third kappa shape index (κ3) is 1.75. The van der Waals surface area contributed by atoms with Gasteiger partial charge in [-0.15, -0.1) is 0 Å². The highest BCUT2D eigenvalue weighted by Crippen LogP contribution is 2.41. The Morgan fingerprint density at radius 3 is 2.52 bits per heavy atom. The normalized spacial score (nSPS) is 13.5. The number of hydrogen-bond acceptors (Lipinski definition) is 0. The van der Waals surface area contributed by atoms with Crippen molar-refractivity contribution >= 4 is 44.3 Å². The van der Waals surface area contributed by atoms with Gasteiger partial charge in [0.1, 0.15) is 0 Å². The molecule has 0 bridgehead atoms. The molecule has 0 fully saturated rings. The predicted molar refractivity (Wildman–Crippen MR) is 106 cm³/mol. The van der Waals surface area contributed by atoms with Gasteiger partial charge in [-0.2, -0.15) is 0 Å². The molecular weight excluding hydrogens is 328 g/mol. The van der Waals surface area contributed by atoms with Crippen molar-refractivity contribution in [1.29, 1.82) is 0 Å². The minimum Gasteiger partial charge on any atom is -0.354 e. The van der Waals surface area contributed by atoms with Crippen LogP contribution in [0.15, 0.2) is 54.6 Å². The summed E-state index contributed by atoms with van der Waals surface area (Å²) in [6, 6.07) is 19.2. The van der Waals surface area contributed by atoms with Gasteiger partial charge in [-0.1, -0.05) is 41.9 Å². The summed E-state index contributed by atoms with van der Waals surface area (Å²) in [5, 5.41) is 4.67. The van der Waals surface area contributed by atoms with E-state index in [1.54, 1.807) is 0 Å². The van der Waals surface area contributed by atoms with Crippen molar-refractivity contribution in [2.75, 3.05) is 0 Å². The molecule has 3 aromatic carbocycles. The first kappa shape index (κ1) is 13.6. The van der Waals surface area contributed by atoms with Crippen LogP contribution in [0, 0.1) is 0 Å². The Labute approximate surface area is 149 Å². The van der Waals surface area contributed by atoms with Crippen LogP contribution in [0.3, 0.4) is 0 Å². The molecule has 0 radical (unpaired) electrons. The number of fused-ring (bicyclic) bond motifs is 9. The highest BCUT2D eigenvalue weighted by Gasteiger charge is 2.23. The van der Waals surface area contributed by atoms with Crippen molar-refractivity contribution < 1.29 is 0 Å². The molecule has 25 heavy (non-hydrogen) atoms. The summed E-state index contributed by atoms with van der Waals surface area (Å²) in [7, 11) is 0. The summed E-state index contributed by atoms with van der Waals surface area (Å²) in [4.78, 5) is 7.27. The van der Waals surface area contributed by atoms with Crippen LogP contribution in [0.2, 0.25) is 5.02 Å². The lowest BCUT2D eigenvalue weighted by Crippen LogP contribution is -2.03. The fourth-order valence-corrected chi connectivity index (χ4v) is 4.60. The van der Waals surface area contributed by atoms with Crippen molar-refractivity contribution in [1.82, 2.24) is 9.97 Å². The highest BCUT2D eigenvalue weighted by atomic mass is 35.5. The van der Waals surface area contributed by atoms with Gasteiger partial charge in [0.15, 0.2) is 0 Å². The molecule has 6 rings (SSSR count). The minimum absolute atomic E-state index is 0.797. The molecule has 0 amide bonds. The second-order valence-electron chi connectivity index (χ2n) is 6.85. The van der Waals surface area contributed by atoms with E-state index in [4.69, 9.17) is 11.6 Å². The first-order chi connectivity index (χ1) is 12.3. The molecule has 2 aromatic heterocycles. The lowest BCUT2D eigenvalue weighted by atomic mass is 9.87. The molecule has 0 aliphatic heterocycles. The molecule has 0 atom stereocenters. The van der Waals surface area contributed by atoms with Gasteiger partial charge in [-0.3, -0.25) is 0 Å². The fourth-order valence-electron chi connectivity index (χ4n) is 4.43. The van der Waals surface area contributed by atoms with Crippen molar-refractivity contribution in [2.24, 2.45) is 0 Å². The molecule has 2 heterocycles. The number of aryl methyl sites for hydroxylation is 2. The van der Waals surface area contributed by atoms with E-state index in [9.17, 15) is 0 Å². The van der Waals surface area contributed by atoms with E-state index in [1.165, 1.54) is 55.1 Å². The predicted octanol–water partition coefficient (Wildman–Crippen LogP) is 6.22. The maximum atomic E-state index is 6.22. The van der Waals surface area contributed by atoms with Crippen LogP contribution < -0.4 is 0 Å². The Morgan fingerprint density at radius 1 is 0.720 bits per heavy atom. The van der Waals surface area contributed by atoms with E-state index in [1.807, 2.05) is 6.07 Å². The lowest BCUT2D eigenvalue weighted by Gasteiger charge is -2.17. The number of nitrogens with one attached hydrogen (secondary N) is 2. The van der Waals surface area contributed by atoms with Crippen LogP contribution in [-0.4, -0.2) is 9.97 Å². The molecule has 2 nitrogen and oxygen atoms in total. The second-order valence-corrected chi connectivity index (χ2v) is 7.29. The largest absolute Gasteiger partial charge is 0.354 e. The van der Waals surface area contributed by atoms with Gasteiger partial charge in [-0.25, -0.2) is 0 Å². The van der Waals surface area contributed by atoms with Crippen molar-refractivity contribution in [3.8, 4) is 11.3 Å². The van der Waals surface area contributed by atoms with Crippen molar-refractivity contribution in [3.05, 3.63) is 70.7 Å². The van der Waals surface area contributed by atoms with Crippen LogP contribution in [0.1, 0.15) is 11.1 Å². The van der Waals surface area contributed by atoms with Crippen LogP contribution in [0.5, 0.6) is 0 Å². The number of H-pyrrole nitrogens is 2. The van der Waals surface area contributed by atoms with Crippen molar-refractivity contribution in [3.63, 3.8) is 0 Å². The van der Waals surface area contributed by atoms with Gasteiger partial charge in [0.05, 0.1) is 11.2 Å². The van der Waals surface area contributed by atoms with E-state index in [2.05, 4.69) is 58.5 Å². The summed E-state index contributed by atoms with van der Waals surface area (Å²) >= 11 is 6.22. The minimum atomic E-state index is 0.797. The lowest BCUT2D eigenvalue weighted by molar-refractivity contribution is 0.954. The zero-order valence-electron chi connectivity index (χ0n) is 13.5. The number of aromatic nitrogens is 2. The maximum absolute atomic E-state index is 6.22. The van der Waals surface area contributed by atoms with Gasteiger partial charge in [0, 0.05) is 37.8 Å². The van der Waals surface area contributed by atoms with Gasteiger partial charge >= 0.3 is 0 Å². The smallest absolute Gasteiger partial charge is 0.0504 e. The maximum Gasteiger partial charge on any atom is 0.0504 e. The van der Waals surface area contributed by atoms with Crippen LogP contribution >= 0.6 is 11.6 Å². The zero-order valence-corrected chi connectivity index (χ0v) is 14.2. The van der Waals surface area contributed by atoms with E-state index < -0.39 is 0 Å². The van der Waals surface area contributed by atoms with Crippen LogP contribution in [0.4, 0.5) is 0 Å². The Bertz CT molecular complexity index is 1310. The number of hydrogen-bond donors (Lipinski definition) is 2. The first-order valence-corrected chi connectivity index (χ1v) is 9.00. The van der Waals surface area contributed by atoms with Gasteiger partial charge in [0.2, 0.25) is 0 Å². The monoisotopic (exact) mass is 342 g/mol. The molecule has 3 heteroatoms. The molecule has 0 saturated heterocycles. The Morgan fingerprint density at radius 2 is 1.56 bits per heavy atom. The topological polar surface area (TPSA) is 31.6 Å². The fraction of sp³-hybridized carbons (Fsp3) is 0.0909. The highest BCUT2D eigenvalue weighted by molar-refractivity contribution is 6.31. The first-order valence-electron chi connectivity index (χ1n) is 8.62. The standard InChI is InChI=1S/C22H15ClN2/c23-12-5-10-20-18(11-12)17-9-8-15-16(22(17)25-20)7-6-14-13-3-1-2-4-19(13)24-21(14)15/h1-7,10-11,24-25H,8-9H2. The third-order valence-corrected chi connectivity index (χ3v) is 5.79. The number of rotatable bonds is 0. The Kier molecular flexibility index (Phi) is 2.54. The van der Waals surface area contributed by atoms with Gasteiger partial charge < -0.3 is 9.97 Å². The molecule has 1 aliphatic rings. The van der Waals surface area contributed by atoms with Crippen LogP contribution in [-0.2, 0) is 12.8 Å². The number of aromatic amines is 2. The number of benzene rings is 3. The average Bonchev–Trinajstić information content (AvgIpc) is 3.19. The Hall–Kier alpha value is -2.71. The Balaban J connectivity index is 1.70.